The summed E-state index contributed by atoms with van der Waals surface area (Å²) < 4.78 is 46.7. The van der Waals surface area contributed by atoms with E-state index in [2.05, 4.69) is 20.7 Å². The lowest BCUT2D eigenvalue weighted by Crippen LogP contribution is -2.13. The van der Waals surface area contributed by atoms with Crippen molar-refractivity contribution < 1.29 is 17.5 Å². The standard InChI is InChI=1S/C19H15BrFNO3S/c1-25-16-7-2-13(3-8-16)14-4-9-17(10-5-14)26(23,24)22-19-11-6-15(20)12-18(19)21/h2-12,22H,1H3. The zero-order valence-electron chi connectivity index (χ0n) is 13.7. The second kappa shape index (κ2) is 7.47. The molecule has 0 heterocycles. The topological polar surface area (TPSA) is 55.4 Å². The van der Waals surface area contributed by atoms with Crippen molar-refractivity contribution in [3.8, 4) is 16.9 Å². The summed E-state index contributed by atoms with van der Waals surface area (Å²) in [4.78, 5) is 0.0529. The predicted octanol–water partition coefficient (Wildman–Crippen LogP) is 5.06. The Morgan fingerprint density at radius 1 is 0.923 bits per heavy atom. The van der Waals surface area contributed by atoms with Gasteiger partial charge in [0, 0.05) is 4.47 Å². The van der Waals surface area contributed by atoms with Gasteiger partial charge in [-0.1, -0.05) is 40.2 Å². The van der Waals surface area contributed by atoms with Crippen LogP contribution in [0, 0.1) is 5.82 Å². The van der Waals surface area contributed by atoms with Crippen LogP contribution in [-0.4, -0.2) is 15.5 Å². The second-order valence-electron chi connectivity index (χ2n) is 5.48. The van der Waals surface area contributed by atoms with Crippen molar-refractivity contribution in [1.29, 1.82) is 0 Å². The van der Waals surface area contributed by atoms with E-state index in [0.29, 0.717) is 4.47 Å². The van der Waals surface area contributed by atoms with Gasteiger partial charge in [-0.3, -0.25) is 4.72 Å². The van der Waals surface area contributed by atoms with Crippen molar-refractivity contribution in [2.75, 3.05) is 11.8 Å². The Hall–Kier alpha value is -2.38. The molecule has 0 spiro atoms. The van der Waals surface area contributed by atoms with E-state index in [-0.39, 0.29) is 10.6 Å². The normalized spacial score (nSPS) is 11.2. The van der Waals surface area contributed by atoms with Crippen LogP contribution in [0.5, 0.6) is 5.75 Å². The fraction of sp³-hybridized carbons (Fsp3) is 0.0526. The Bertz CT molecular complexity index is 1020. The van der Waals surface area contributed by atoms with Gasteiger partial charge in [-0.05, 0) is 53.6 Å². The third kappa shape index (κ3) is 4.05. The van der Waals surface area contributed by atoms with Crippen LogP contribution >= 0.6 is 15.9 Å². The van der Waals surface area contributed by atoms with Crippen molar-refractivity contribution >= 4 is 31.6 Å². The van der Waals surface area contributed by atoms with E-state index in [1.54, 1.807) is 25.3 Å². The van der Waals surface area contributed by atoms with Crippen molar-refractivity contribution in [3.63, 3.8) is 0 Å². The van der Waals surface area contributed by atoms with E-state index >= 15 is 0 Å². The average Bonchev–Trinajstić information content (AvgIpc) is 2.64. The van der Waals surface area contributed by atoms with E-state index in [0.717, 1.165) is 16.9 Å². The summed E-state index contributed by atoms with van der Waals surface area (Å²) in [5.74, 6) is 0.0893. The van der Waals surface area contributed by atoms with E-state index in [1.165, 1.54) is 24.3 Å². The summed E-state index contributed by atoms with van der Waals surface area (Å²) in [5, 5.41) is 0. The van der Waals surface area contributed by atoms with Crippen LogP contribution in [0.25, 0.3) is 11.1 Å². The van der Waals surface area contributed by atoms with E-state index in [1.807, 2.05) is 24.3 Å². The molecule has 0 saturated heterocycles. The Balaban J connectivity index is 1.84. The zero-order chi connectivity index (χ0) is 18.7. The maximum absolute atomic E-state index is 13.9. The van der Waals surface area contributed by atoms with E-state index in [9.17, 15) is 12.8 Å². The molecule has 0 saturated carbocycles. The summed E-state index contributed by atoms with van der Waals surface area (Å²) >= 11 is 3.13. The van der Waals surface area contributed by atoms with Crippen LogP contribution in [0.3, 0.4) is 0 Å². The highest BCUT2D eigenvalue weighted by Crippen LogP contribution is 2.26. The first-order chi connectivity index (χ1) is 12.4. The third-order valence-electron chi connectivity index (χ3n) is 3.76. The first kappa shape index (κ1) is 18.4. The number of halogens is 2. The van der Waals surface area contributed by atoms with Gasteiger partial charge >= 0.3 is 0 Å². The molecule has 0 atom stereocenters. The zero-order valence-corrected chi connectivity index (χ0v) is 16.1. The van der Waals surface area contributed by atoms with Gasteiger partial charge in [-0.25, -0.2) is 12.8 Å². The molecule has 3 aromatic rings. The lowest BCUT2D eigenvalue weighted by atomic mass is 10.1. The number of anilines is 1. The molecule has 0 aliphatic carbocycles. The quantitative estimate of drug-likeness (QED) is 0.608. The molecule has 0 bridgehead atoms. The average molecular weight is 436 g/mol. The van der Waals surface area contributed by atoms with Crippen LogP contribution in [0.1, 0.15) is 0 Å². The number of hydrogen-bond acceptors (Lipinski definition) is 3. The van der Waals surface area contributed by atoms with Gasteiger partial charge in [0.25, 0.3) is 10.0 Å². The lowest BCUT2D eigenvalue weighted by Gasteiger charge is -2.10. The van der Waals surface area contributed by atoms with Crippen LogP contribution < -0.4 is 9.46 Å². The van der Waals surface area contributed by atoms with Crippen LogP contribution in [0.15, 0.2) is 76.1 Å². The summed E-state index contributed by atoms with van der Waals surface area (Å²) in [6.07, 6.45) is 0. The molecule has 1 N–H and O–H groups in total. The van der Waals surface area contributed by atoms with Gasteiger partial charge in [-0.2, -0.15) is 0 Å². The molecule has 3 aromatic carbocycles. The summed E-state index contributed by atoms with van der Waals surface area (Å²) in [5.41, 5.74) is 1.69. The van der Waals surface area contributed by atoms with Crippen molar-refractivity contribution in [3.05, 3.63) is 77.0 Å². The number of ether oxygens (including phenoxy) is 1. The molecule has 0 unspecified atom stereocenters. The molecular formula is C19H15BrFNO3S. The van der Waals surface area contributed by atoms with Crippen LogP contribution in [-0.2, 0) is 10.0 Å². The number of nitrogens with one attached hydrogen (secondary N) is 1. The first-order valence-corrected chi connectivity index (χ1v) is 9.89. The second-order valence-corrected chi connectivity index (χ2v) is 8.08. The van der Waals surface area contributed by atoms with Crippen LogP contribution in [0.4, 0.5) is 10.1 Å². The lowest BCUT2D eigenvalue weighted by molar-refractivity contribution is 0.415. The number of rotatable bonds is 5. The Labute approximate surface area is 159 Å². The molecule has 0 aliphatic heterocycles. The smallest absolute Gasteiger partial charge is 0.261 e. The molecule has 3 rings (SSSR count). The van der Waals surface area contributed by atoms with Gasteiger partial charge in [0.05, 0.1) is 17.7 Å². The van der Waals surface area contributed by atoms with Gasteiger partial charge in [0.2, 0.25) is 0 Å². The summed E-state index contributed by atoms with van der Waals surface area (Å²) in [7, 11) is -2.29. The van der Waals surface area contributed by atoms with Crippen molar-refractivity contribution in [2.24, 2.45) is 0 Å². The minimum atomic E-state index is -3.88. The van der Waals surface area contributed by atoms with E-state index in [4.69, 9.17) is 4.74 Å². The molecule has 7 heteroatoms. The van der Waals surface area contributed by atoms with Crippen molar-refractivity contribution in [1.82, 2.24) is 0 Å². The van der Waals surface area contributed by atoms with Crippen LogP contribution in [0.2, 0.25) is 0 Å². The predicted molar refractivity (Wildman–Crippen MR) is 103 cm³/mol. The maximum atomic E-state index is 13.9. The molecule has 0 aromatic heterocycles. The monoisotopic (exact) mass is 435 g/mol. The van der Waals surface area contributed by atoms with Crippen molar-refractivity contribution in [2.45, 2.75) is 4.90 Å². The summed E-state index contributed by atoms with van der Waals surface area (Å²) in [6.45, 7) is 0. The molecule has 4 nitrogen and oxygen atoms in total. The Morgan fingerprint density at radius 2 is 1.50 bits per heavy atom. The minimum Gasteiger partial charge on any atom is -0.497 e. The number of benzene rings is 3. The highest BCUT2D eigenvalue weighted by molar-refractivity contribution is 9.10. The molecular weight excluding hydrogens is 421 g/mol. The summed E-state index contributed by atoms with van der Waals surface area (Å²) in [6, 6.07) is 17.9. The fourth-order valence-corrected chi connectivity index (χ4v) is 3.79. The van der Waals surface area contributed by atoms with Gasteiger partial charge in [0.15, 0.2) is 0 Å². The van der Waals surface area contributed by atoms with Gasteiger partial charge in [0.1, 0.15) is 11.6 Å². The maximum Gasteiger partial charge on any atom is 0.261 e. The molecule has 134 valence electrons. The fourth-order valence-electron chi connectivity index (χ4n) is 2.39. The third-order valence-corrected chi connectivity index (χ3v) is 5.64. The molecule has 0 radical (unpaired) electrons. The highest BCUT2D eigenvalue weighted by Gasteiger charge is 2.16. The number of hydrogen-bond donors (Lipinski definition) is 1. The van der Waals surface area contributed by atoms with Gasteiger partial charge < -0.3 is 4.74 Å². The highest BCUT2D eigenvalue weighted by atomic mass is 79.9. The number of sulfonamides is 1. The van der Waals surface area contributed by atoms with E-state index < -0.39 is 15.8 Å². The molecule has 0 amide bonds. The first-order valence-electron chi connectivity index (χ1n) is 7.61. The Morgan fingerprint density at radius 3 is 2.04 bits per heavy atom. The molecule has 0 fully saturated rings. The largest absolute Gasteiger partial charge is 0.497 e. The van der Waals surface area contributed by atoms with Gasteiger partial charge in [-0.15, -0.1) is 0 Å². The number of methoxy groups -OCH3 is 1. The SMILES string of the molecule is COc1ccc(-c2ccc(S(=O)(=O)Nc3ccc(Br)cc3F)cc2)cc1. The molecule has 0 aliphatic rings. The molecule has 26 heavy (non-hydrogen) atoms. The Kier molecular flexibility index (Phi) is 5.29. The minimum absolute atomic E-state index is 0.0529.